The Morgan fingerprint density at radius 3 is 2.59 bits per heavy atom. The molecule has 0 unspecified atom stereocenters. The minimum absolute atomic E-state index is 0.662. The summed E-state index contributed by atoms with van der Waals surface area (Å²) in [5.41, 5.74) is 2.64. The molecular weight excluding hydrogens is 342 g/mol. The molecule has 4 heterocycles. The summed E-state index contributed by atoms with van der Waals surface area (Å²) in [6.45, 7) is 3.00. The number of hydrogen-bond donors (Lipinski definition) is 0. The van der Waals surface area contributed by atoms with E-state index in [1.807, 2.05) is 47.1 Å². The maximum Gasteiger partial charge on any atom is 0.188 e. The summed E-state index contributed by atoms with van der Waals surface area (Å²) in [6, 6.07) is 13.8. The minimum Gasteiger partial charge on any atom is -0.497 e. The molecule has 7 heteroatoms. The molecular formula is C20H19N5O2. The van der Waals surface area contributed by atoms with Crippen molar-refractivity contribution in [1.29, 1.82) is 0 Å². The third-order valence-corrected chi connectivity index (χ3v) is 4.83. The number of ether oxygens (including phenoxy) is 2. The van der Waals surface area contributed by atoms with Gasteiger partial charge in [0.1, 0.15) is 11.6 Å². The Morgan fingerprint density at radius 2 is 1.81 bits per heavy atom. The molecule has 0 radical (unpaired) electrons. The SMILES string of the molecule is COc1ccc(-c2nc(N3CCOCC3)c3c(n2)nn2ccccc32)cc1. The molecule has 0 aliphatic carbocycles. The number of benzene rings is 1. The highest BCUT2D eigenvalue weighted by Gasteiger charge is 2.21. The van der Waals surface area contributed by atoms with Gasteiger partial charge >= 0.3 is 0 Å². The molecule has 5 rings (SSSR count). The molecule has 7 nitrogen and oxygen atoms in total. The second kappa shape index (κ2) is 6.51. The zero-order valence-electron chi connectivity index (χ0n) is 15.0. The van der Waals surface area contributed by atoms with E-state index >= 15 is 0 Å². The summed E-state index contributed by atoms with van der Waals surface area (Å²) in [6.07, 6.45) is 1.94. The van der Waals surface area contributed by atoms with E-state index in [4.69, 9.17) is 19.4 Å². The minimum atomic E-state index is 0.662. The van der Waals surface area contributed by atoms with Crippen LogP contribution < -0.4 is 9.64 Å². The average Bonchev–Trinajstić information content (AvgIpc) is 3.12. The lowest BCUT2D eigenvalue weighted by Crippen LogP contribution is -2.37. The fourth-order valence-electron chi connectivity index (χ4n) is 3.43. The summed E-state index contributed by atoms with van der Waals surface area (Å²) in [5.74, 6) is 2.38. The van der Waals surface area contributed by atoms with Crippen molar-refractivity contribution in [3.63, 3.8) is 0 Å². The standard InChI is InChI=1S/C20H19N5O2/c1-26-15-7-5-14(6-8-15)18-21-19-17(16-4-2-3-9-25(16)23-19)20(22-18)24-10-12-27-13-11-24/h2-9H,10-13H2,1H3. The Kier molecular flexibility index (Phi) is 3.86. The molecule has 4 aromatic rings. The van der Waals surface area contributed by atoms with Gasteiger partial charge in [0, 0.05) is 24.8 Å². The first-order chi connectivity index (χ1) is 13.3. The first-order valence-corrected chi connectivity index (χ1v) is 8.96. The number of anilines is 1. The fourth-order valence-corrected chi connectivity index (χ4v) is 3.43. The van der Waals surface area contributed by atoms with Gasteiger partial charge in [-0.25, -0.2) is 14.5 Å². The Bertz CT molecular complexity index is 1100. The smallest absolute Gasteiger partial charge is 0.188 e. The normalized spacial score (nSPS) is 14.8. The molecule has 136 valence electrons. The Hall–Kier alpha value is -3.19. The fraction of sp³-hybridized carbons (Fsp3) is 0.250. The third kappa shape index (κ3) is 2.76. The van der Waals surface area contributed by atoms with E-state index < -0.39 is 0 Å². The zero-order chi connectivity index (χ0) is 18.2. The first-order valence-electron chi connectivity index (χ1n) is 8.96. The van der Waals surface area contributed by atoms with Crippen LogP contribution in [0.4, 0.5) is 5.82 Å². The van der Waals surface area contributed by atoms with Crippen molar-refractivity contribution < 1.29 is 9.47 Å². The second-order valence-electron chi connectivity index (χ2n) is 6.43. The van der Waals surface area contributed by atoms with E-state index in [0.717, 1.165) is 41.1 Å². The van der Waals surface area contributed by atoms with Gasteiger partial charge in [0.2, 0.25) is 0 Å². The monoisotopic (exact) mass is 361 g/mol. The van der Waals surface area contributed by atoms with Crippen LogP contribution in [0.2, 0.25) is 0 Å². The maximum absolute atomic E-state index is 5.52. The van der Waals surface area contributed by atoms with Crippen LogP contribution in [0.1, 0.15) is 0 Å². The third-order valence-electron chi connectivity index (χ3n) is 4.83. The number of rotatable bonds is 3. The van der Waals surface area contributed by atoms with Crippen molar-refractivity contribution in [2.24, 2.45) is 0 Å². The van der Waals surface area contributed by atoms with Gasteiger partial charge in [-0.15, -0.1) is 5.10 Å². The number of nitrogens with zero attached hydrogens (tertiary/aromatic N) is 5. The van der Waals surface area contributed by atoms with E-state index in [0.29, 0.717) is 24.7 Å². The van der Waals surface area contributed by atoms with Gasteiger partial charge in [-0.2, -0.15) is 0 Å². The summed E-state index contributed by atoms with van der Waals surface area (Å²) < 4.78 is 12.6. The Balaban J connectivity index is 1.73. The van der Waals surface area contributed by atoms with Crippen LogP contribution in [0, 0.1) is 0 Å². The van der Waals surface area contributed by atoms with E-state index in [2.05, 4.69) is 16.1 Å². The number of hydrogen-bond acceptors (Lipinski definition) is 6. The summed E-state index contributed by atoms with van der Waals surface area (Å²) in [5, 5.41) is 5.65. The van der Waals surface area contributed by atoms with Gasteiger partial charge in [0.25, 0.3) is 0 Å². The van der Waals surface area contributed by atoms with Gasteiger partial charge in [-0.1, -0.05) is 6.07 Å². The van der Waals surface area contributed by atoms with Gasteiger partial charge in [-0.3, -0.25) is 0 Å². The number of aromatic nitrogens is 4. The number of fused-ring (bicyclic) bond motifs is 3. The number of methoxy groups -OCH3 is 1. The van der Waals surface area contributed by atoms with E-state index in [-0.39, 0.29) is 0 Å². The highest BCUT2D eigenvalue weighted by atomic mass is 16.5. The second-order valence-corrected chi connectivity index (χ2v) is 6.43. The predicted molar refractivity (Wildman–Crippen MR) is 103 cm³/mol. The van der Waals surface area contributed by atoms with Crippen molar-refractivity contribution in [3.8, 4) is 17.1 Å². The molecule has 1 aliphatic rings. The van der Waals surface area contributed by atoms with Gasteiger partial charge < -0.3 is 14.4 Å². The lowest BCUT2D eigenvalue weighted by atomic mass is 10.2. The quantitative estimate of drug-likeness (QED) is 0.559. The first kappa shape index (κ1) is 16.0. The van der Waals surface area contributed by atoms with Crippen LogP contribution in [0.5, 0.6) is 5.75 Å². The molecule has 0 atom stereocenters. The number of morpholine rings is 1. The highest BCUT2D eigenvalue weighted by Crippen LogP contribution is 2.31. The van der Waals surface area contributed by atoms with Gasteiger partial charge in [0.15, 0.2) is 11.5 Å². The molecule has 0 amide bonds. The van der Waals surface area contributed by atoms with Crippen LogP contribution in [0.25, 0.3) is 27.9 Å². The average molecular weight is 361 g/mol. The summed E-state index contributed by atoms with van der Waals surface area (Å²) >= 11 is 0. The molecule has 1 aromatic carbocycles. The van der Waals surface area contributed by atoms with Crippen LogP contribution in [-0.4, -0.2) is 53.0 Å². The molecule has 0 spiro atoms. The van der Waals surface area contributed by atoms with Gasteiger partial charge in [-0.05, 0) is 36.4 Å². The highest BCUT2D eigenvalue weighted by molar-refractivity contribution is 6.01. The van der Waals surface area contributed by atoms with Gasteiger partial charge in [0.05, 0.1) is 31.2 Å². The molecule has 27 heavy (non-hydrogen) atoms. The molecule has 0 saturated carbocycles. The lowest BCUT2D eigenvalue weighted by molar-refractivity contribution is 0.122. The number of pyridine rings is 1. The van der Waals surface area contributed by atoms with Crippen molar-refractivity contribution in [3.05, 3.63) is 48.7 Å². The Labute approximate surface area is 156 Å². The van der Waals surface area contributed by atoms with Crippen molar-refractivity contribution in [2.45, 2.75) is 0 Å². The van der Waals surface area contributed by atoms with Crippen LogP contribution in [0.15, 0.2) is 48.7 Å². The van der Waals surface area contributed by atoms with Crippen molar-refractivity contribution >= 4 is 22.4 Å². The van der Waals surface area contributed by atoms with Crippen LogP contribution in [0.3, 0.4) is 0 Å². The van der Waals surface area contributed by atoms with E-state index in [1.165, 1.54) is 0 Å². The topological polar surface area (TPSA) is 64.8 Å². The van der Waals surface area contributed by atoms with Crippen molar-refractivity contribution in [2.75, 3.05) is 38.3 Å². The molecule has 0 N–H and O–H groups in total. The molecule has 0 bridgehead atoms. The molecule has 3 aromatic heterocycles. The molecule has 1 aliphatic heterocycles. The predicted octanol–water partition coefficient (Wildman–Crippen LogP) is 2.79. The van der Waals surface area contributed by atoms with E-state index in [9.17, 15) is 0 Å². The molecule has 1 fully saturated rings. The Morgan fingerprint density at radius 1 is 1.00 bits per heavy atom. The molecule has 1 saturated heterocycles. The van der Waals surface area contributed by atoms with Crippen LogP contribution >= 0.6 is 0 Å². The maximum atomic E-state index is 5.52. The summed E-state index contributed by atoms with van der Waals surface area (Å²) in [4.78, 5) is 11.9. The van der Waals surface area contributed by atoms with Crippen LogP contribution in [-0.2, 0) is 4.74 Å². The zero-order valence-corrected chi connectivity index (χ0v) is 15.0. The summed E-state index contributed by atoms with van der Waals surface area (Å²) in [7, 11) is 1.66. The van der Waals surface area contributed by atoms with E-state index in [1.54, 1.807) is 7.11 Å². The van der Waals surface area contributed by atoms with Crippen molar-refractivity contribution in [1.82, 2.24) is 19.6 Å². The largest absolute Gasteiger partial charge is 0.497 e. The lowest BCUT2D eigenvalue weighted by Gasteiger charge is -2.28.